The van der Waals surface area contributed by atoms with Gasteiger partial charge >= 0.3 is 5.97 Å². The van der Waals surface area contributed by atoms with Crippen LogP contribution in [0.5, 0.6) is 11.5 Å². The van der Waals surface area contributed by atoms with Crippen molar-refractivity contribution in [1.29, 1.82) is 0 Å². The van der Waals surface area contributed by atoms with E-state index in [9.17, 15) is 9.90 Å². The highest BCUT2D eigenvalue weighted by atomic mass is 16.5. The van der Waals surface area contributed by atoms with E-state index in [1.807, 2.05) is 24.3 Å². The highest BCUT2D eigenvalue weighted by molar-refractivity contribution is 5.75. The van der Waals surface area contributed by atoms with Crippen molar-refractivity contribution in [3.05, 3.63) is 59.2 Å². The Hall–Kier alpha value is -2.33. The third kappa shape index (κ3) is 2.50. The van der Waals surface area contributed by atoms with Gasteiger partial charge in [0.2, 0.25) is 0 Å². The lowest BCUT2D eigenvalue weighted by Crippen LogP contribution is -2.09. The molecule has 2 aromatic carbocycles. The zero-order chi connectivity index (χ0) is 15.0. The van der Waals surface area contributed by atoms with Gasteiger partial charge < -0.3 is 14.9 Å². The van der Waals surface area contributed by atoms with Gasteiger partial charge in [0.05, 0.1) is 12.0 Å². The molecule has 0 saturated heterocycles. The van der Waals surface area contributed by atoms with Gasteiger partial charge in [0.15, 0.2) is 0 Å². The fourth-order valence-corrected chi connectivity index (χ4v) is 2.54. The second-order valence-electron chi connectivity index (χ2n) is 5.29. The lowest BCUT2D eigenvalue weighted by molar-refractivity contribution is -0.138. The van der Waals surface area contributed by atoms with Gasteiger partial charge in [-0.05, 0) is 36.2 Å². The van der Waals surface area contributed by atoms with Crippen LogP contribution >= 0.6 is 0 Å². The molecule has 4 heteroatoms. The standard InChI is InChI=1S/C17H16O4/c1-10(17(19)20)11-6-7-16-13(8-11)14(18)9-12-4-2-3-5-15(12)21-16/h2-8,10,14,18H,9H2,1H3,(H,19,20)/t10-,14-/m0/s1. The zero-order valence-corrected chi connectivity index (χ0v) is 11.6. The van der Waals surface area contributed by atoms with Gasteiger partial charge in [-0.3, -0.25) is 4.79 Å². The summed E-state index contributed by atoms with van der Waals surface area (Å²) < 4.78 is 5.86. The Balaban J connectivity index is 2.04. The van der Waals surface area contributed by atoms with Gasteiger partial charge in [0.25, 0.3) is 0 Å². The van der Waals surface area contributed by atoms with E-state index >= 15 is 0 Å². The van der Waals surface area contributed by atoms with Gasteiger partial charge in [0.1, 0.15) is 11.5 Å². The van der Waals surface area contributed by atoms with Crippen LogP contribution in [0.4, 0.5) is 0 Å². The molecule has 0 amide bonds. The van der Waals surface area contributed by atoms with Crippen molar-refractivity contribution < 1.29 is 19.7 Å². The number of fused-ring (bicyclic) bond motifs is 2. The monoisotopic (exact) mass is 284 g/mol. The smallest absolute Gasteiger partial charge is 0.310 e. The zero-order valence-electron chi connectivity index (χ0n) is 11.6. The molecule has 0 fully saturated rings. The molecule has 2 aromatic rings. The molecule has 2 atom stereocenters. The molecular weight excluding hydrogens is 268 g/mol. The molecule has 0 saturated carbocycles. The molecular formula is C17H16O4. The minimum absolute atomic E-state index is 0.452. The van der Waals surface area contributed by atoms with Crippen LogP contribution in [0.15, 0.2) is 42.5 Å². The highest BCUT2D eigenvalue weighted by Crippen LogP contribution is 2.39. The first-order valence-electron chi connectivity index (χ1n) is 6.86. The third-order valence-corrected chi connectivity index (χ3v) is 3.87. The molecule has 3 rings (SSSR count). The molecule has 1 heterocycles. The maximum atomic E-state index is 11.1. The lowest BCUT2D eigenvalue weighted by Gasteiger charge is -2.14. The van der Waals surface area contributed by atoms with Crippen molar-refractivity contribution in [3.8, 4) is 11.5 Å². The molecule has 108 valence electrons. The Morgan fingerprint density at radius 1 is 1.24 bits per heavy atom. The van der Waals surface area contributed by atoms with Gasteiger partial charge in [0, 0.05) is 12.0 Å². The van der Waals surface area contributed by atoms with Crippen LogP contribution in [0, 0.1) is 0 Å². The number of aliphatic carboxylic acids is 1. The third-order valence-electron chi connectivity index (χ3n) is 3.87. The summed E-state index contributed by atoms with van der Waals surface area (Å²) in [5.41, 5.74) is 2.24. The van der Waals surface area contributed by atoms with Crippen molar-refractivity contribution in [2.45, 2.75) is 25.4 Å². The number of rotatable bonds is 2. The topological polar surface area (TPSA) is 66.8 Å². The Bertz CT molecular complexity index is 693. The van der Waals surface area contributed by atoms with E-state index in [0.717, 1.165) is 11.3 Å². The van der Waals surface area contributed by atoms with Crippen LogP contribution in [0.1, 0.15) is 35.6 Å². The van der Waals surface area contributed by atoms with Gasteiger partial charge in [-0.1, -0.05) is 24.3 Å². The summed E-state index contributed by atoms with van der Waals surface area (Å²) in [6, 6.07) is 12.8. The van der Waals surface area contributed by atoms with E-state index in [1.165, 1.54) is 0 Å². The molecule has 0 aliphatic carbocycles. The molecule has 1 aliphatic rings. The maximum absolute atomic E-state index is 11.1. The number of carboxylic acids is 1. The summed E-state index contributed by atoms with van der Waals surface area (Å²) in [6.07, 6.45) is -0.252. The Morgan fingerprint density at radius 3 is 2.76 bits per heavy atom. The SMILES string of the molecule is C[C@H](C(=O)O)c1ccc2c(c1)[C@@H](O)Cc1ccccc1O2. The lowest BCUT2D eigenvalue weighted by atomic mass is 9.95. The molecule has 0 spiro atoms. The van der Waals surface area contributed by atoms with Gasteiger partial charge in [-0.25, -0.2) is 0 Å². The summed E-state index contributed by atoms with van der Waals surface area (Å²) in [4.78, 5) is 11.1. The van der Waals surface area contributed by atoms with Crippen LogP contribution in [0.3, 0.4) is 0 Å². The molecule has 0 unspecified atom stereocenters. The quantitative estimate of drug-likeness (QED) is 0.888. The predicted octanol–water partition coefficient (Wildman–Crippen LogP) is 3.26. The first kappa shape index (κ1) is 13.6. The van der Waals surface area contributed by atoms with Crippen LogP contribution < -0.4 is 4.74 Å². The minimum Gasteiger partial charge on any atom is -0.481 e. The highest BCUT2D eigenvalue weighted by Gasteiger charge is 2.23. The fourth-order valence-electron chi connectivity index (χ4n) is 2.54. The molecule has 0 radical (unpaired) electrons. The number of aliphatic hydroxyl groups excluding tert-OH is 1. The van der Waals surface area contributed by atoms with E-state index in [4.69, 9.17) is 9.84 Å². The van der Waals surface area contributed by atoms with Crippen molar-refractivity contribution in [1.82, 2.24) is 0 Å². The second kappa shape index (κ2) is 5.22. The van der Waals surface area contributed by atoms with Crippen molar-refractivity contribution in [2.75, 3.05) is 0 Å². The summed E-state index contributed by atoms with van der Waals surface area (Å²) >= 11 is 0. The van der Waals surface area contributed by atoms with E-state index in [0.29, 0.717) is 23.3 Å². The molecule has 21 heavy (non-hydrogen) atoms. The van der Waals surface area contributed by atoms with Crippen LogP contribution in [-0.2, 0) is 11.2 Å². The molecule has 0 aromatic heterocycles. The number of carbonyl (C=O) groups is 1. The van der Waals surface area contributed by atoms with Crippen LogP contribution in [0.25, 0.3) is 0 Å². The number of hydrogen-bond acceptors (Lipinski definition) is 3. The summed E-state index contributed by atoms with van der Waals surface area (Å²) in [6.45, 7) is 1.63. The van der Waals surface area contributed by atoms with Crippen molar-refractivity contribution >= 4 is 5.97 Å². The molecule has 2 N–H and O–H groups in total. The number of aliphatic hydroxyl groups is 1. The Morgan fingerprint density at radius 2 is 2.00 bits per heavy atom. The number of para-hydroxylation sites is 1. The van der Waals surface area contributed by atoms with Crippen LogP contribution in [-0.4, -0.2) is 16.2 Å². The molecule has 1 aliphatic heterocycles. The molecule has 0 bridgehead atoms. The average molecular weight is 284 g/mol. The van der Waals surface area contributed by atoms with Crippen LogP contribution in [0.2, 0.25) is 0 Å². The first-order valence-corrected chi connectivity index (χ1v) is 6.86. The first-order chi connectivity index (χ1) is 10.1. The predicted molar refractivity (Wildman–Crippen MR) is 77.7 cm³/mol. The van der Waals surface area contributed by atoms with E-state index in [-0.39, 0.29) is 0 Å². The minimum atomic E-state index is -0.887. The number of hydrogen-bond donors (Lipinski definition) is 2. The van der Waals surface area contributed by atoms with Crippen molar-refractivity contribution in [2.24, 2.45) is 0 Å². The fraction of sp³-hybridized carbons (Fsp3) is 0.235. The summed E-state index contributed by atoms with van der Waals surface area (Å²) in [5, 5.41) is 19.5. The largest absolute Gasteiger partial charge is 0.481 e. The van der Waals surface area contributed by atoms with Crippen molar-refractivity contribution in [3.63, 3.8) is 0 Å². The Labute approximate surface area is 122 Å². The number of benzene rings is 2. The van der Waals surface area contributed by atoms with E-state index < -0.39 is 18.0 Å². The maximum Gasteiger partial charge on any atom is 0.310 e. The van der Waals surface area contributed by atoms with Gasteiger partial charge in [-0.2, -0.15) is 0 Å². The summed E-state index contributed by atoms with van der Waals surface area (Å²) in [5.74, 6) is -0.196. The average Bonchev–Trinajstić information content (AvgIpc) is 2.62. The normalized spacial score (nSPS) is 17.9. The van der Waals surface area contributed by atoms with Gasteiger partial charge in [-0.15, -0.1) is 0 Å². The number of ether oxygens (including phenoxy) is 1. The van der Waals surface area contributed by atoms with E-state index in [2.05, 4.69) is 0 Å². The molecule has 4 nitrogen and oxygen atoms in total. The van der Waals surface area contributed by atoms with E-state index in [1.54, 1.807) is 25.1 Å². The number of carboxylic acid groups (broad SMARTS) is 1. The summed E-state index contributed by atoms with van der Waals surface area (Å²) in [7, 11) is 0. The second-order valence-corrected chi connectivity index (χ2v) is 5.29. The Kier molecular flexibility index (Phi) is 3.39.